The molecule has 0 fully saturated rings. The molecule has 0 saturated carbocycles. The van der Waals surface area contributed by atoms with Gasteiger partial charge in [0.2, 0.25) is 0 Å². The molecule has 3 nitrogen and oxygen atoms in total. The Kier molecular flexibility index (Phi) is 4.44. The minimum atomic E-state index is -0.595. The summed E-state index contributed by atoms with van der Waals surface area (Å²) in [5.41, 5.74) is 10.4. The van der Waals surface area contributed by atoms with Crippen LogP contribution in [-0.4, -0.2) is 16.3 Å². The smallest absolute Gasteiger partial charge is 0.126 e. The van der Waals surface area contributed by atoms with E-state index in [1.165, 1.54) is 12.1 Å². The molecule has 0 unspecified atom stereocenters. The molecule has 0 aliphatic heterocycles. The third kappa shape index (κ3) is 3.08. The van der Waals surface area contributed by atoms with E-state index in [9.17, 15) is 8.78 Å². The van der Waals surface area contributed by atoms with Crippen molar-refractivity contribution in [3.63, 3.8) is 0 Å². The number of hydrogen-bond donors (Lipinski definition) is 1. The highest BCUT2D eigenvalue weighted by atomic mass is 19.1. The fourth-order valence-corrected chi connectivity index (χ4v) is 2.98. The number of nitrogens with zero attached hydrogens (tertiary/aromatic N) is 2. The van der Waals surface area contributed by atoms with Crippen molar-refractivity contribution in [1.82, 2.24) is 9.78 Å². The van der Waals surface area contributed by atoms with Gasteiger partial charge in [-0.15, -0.1) is 0 Å². The van der Waals surface area contributed by atoms with Crippen LogP contribution >= 0.6 is 0 Å². The number of nitrogens with two attached hydrogens (primary N) is 1. The van der Waals surface area contributed by atoms with Gasteiger partial charge >= 0.3 is 0 Å². The van der Waals surface area contributed by atoms with E-state index in [1.54, 1.807) is 4.68 Å². The number of halogens is 2. The molecule has 2 N–H and O–H groups in total. The van der Waals surface area contributed by atoms with Crippen LogP contribution in [0.1, 0.15) is 17.0 Å². The molecule has 0 bridgehead atoms. The highest BCUT2D eigenvalue weighted by Crippen LogP contribution is 2.29. The van der Waals surface area contributed by atoms with E-state index in [0.717, 1.165) is 40.7 Å². The van der Waals surface area contributed by atoms with Gasteiger partial charge < -0.3 is 5.73 Å². The van der Waals surface area contributed by atoms with Crippen molar-refractivity contribution in [3.8, 4) is 16.8 Å². The van der Waals surface area contributed by atoms with Crippen molar-refractivity contribution >= 4 is 0 Å². The summed E-state index contributed by atoms with van der Waals surface area (Å²) in [6.45, 7) is 4.34. The van der Waals surface area contributed by atoms with E-state index in [-0.39, 0.29) is 0 Å². The van der Waals surface area contributed by atoms with E-state index in [4.69, 9.17) is 5.73 Å². The van der Waals surface area contributed by atoms with Gasteiger partial charge in [-0.05, 0) is 62.2 Å². The molecule has 3 rings (SSSR count). The molecule has 2 aromatic carbocycles. The largest absolute Gasteiger partial charge is 0.330 e. The minimum Gasteiger partial charge on any atom is -0.330 e. The standard InChI is InChI=1S/C19H19F2N3/c1-12-19(15-9-16(20)11-17(21)10-15)13(2)24(23-12)18-5-3-14(4-6-18)7-8-22/h3-6,9-11H,7-8,22H2,1-2H3. The summed E-state index contributed by atoms with van der Waals surface area (Å²) in [6.07, 6.45) is 0.825. The first-order valence-electron chi connectivity index (χ1n) is 7.81. The molecule has 0 aliphatic carbocycles. The van der Waals surface area contributed by atoms with E-state index in [1.807, 2.05) is 38.1 Å². The summed E-state index contributed by atoms with van der Waals surface area (Å²) in [4.78, 5) is 0. The molecule has 3 aromatic rings. The second kappa shape index (κ2) is 6.53. The first-order valence-corrected chi connectivity index (χ1v) is 7.81. The average molecular weight is 327 g/mol. The van der Waals surface area contributed by atoms with Gasteiger partial charge in [0.15, 0.2) is 0 Å². The predicted octanol–water partition coefficient (Wildman–Crippen LogP) is 3.94. The molecule has 0 saturated heterocycles. The van der Waals surface area contributed by atoms with Crippen LogP contribution in [0.4, 0.5) is 8.78 Å². The van der Waals surface area contributed by atoms with Gasteiger partial charge in [-0.25, -0.2) is 13.5 Å². The van der Waals surface area contributed by atoms with Crippen LogP contribution < -0.4 is 5.73 Å². The zero-order valence-corrected chi connectivity index (χ0v) is 13.7. The summed E-state index contributed by atoms with van der Waals surface area (Å²) in [6, 6.07) is 11.5. The van der Waals surface area contributed by atoms with Gasteiger partial charge in [-0.1, -0.05) is 12.1 Å². The zero-order valence-electron chi connectivity index (χ0n) is 13.7. The second-order valence-electron chi connectivity index (χ2n) is 5.82. The maximum atomic E-state index is 13.5. The number of hydrogen-bond acceptors (Lipinski definition) is 2. The van der Waals surface area contributed by atoms with Gasteiger partial charge in [-0.2, -0.15) is 5.10 Å². The first-order chi connectivity index (χ1) is 11.5. The van der Waals surface area contributed by atoms with Crippen LogP contribution in [0.3, 0.4) is 0 Å². The lowest BCUT2D eigenvalue weighted by Gasteiger charge is -2.07. The Labute approximate surface area is 139 Å². The van der Waals surface area contributed by atoms with Crippen molar-refractivity contribution in [3.05, 3.63) is 71.1 Å². The monoisotopic (exact) mass is 327 g/mol. The molecule has 124 valence electrons. The molecule has 1 aromatic heterocycles. The summed E-state index contributed by atoms with van der Waals surface area (Å²) in [7, 11) is 0. The Hall–Kier alpha value is -2.53. The summed E-state index contributed by atoms with van der Waals surface area (Å²) < 4.78 is 28.9. The highest BCUT2D eigenvalue weighted by Gasteiger charge is 2.16. The Balaban J connectivity index is 2.06. The zero-order chi connectivity index (χ0) is 17.3. The summed E-state index contributed by atoms with van der Waals surface area (Å²) in [5, 5.41) is 4.54. The van der Waals surface area contributed by atoms with Gasteiger partial charge in [-0.3, -0.25) is 0 Å². The third-order valence-corrected chi connectivity index (χ3v) is 4.06. The topological polar surface area (TPSA) is 43.8 Å². The lowest BCUT2D eigenvalue weighted by Crippen LogP contribution is -2.03. The van der Waals surface area contributed by atoms with Crippen LogP contribution in [0.25, 0.3) is 16.8 Å². The quantitative estimate of drug-likeness (QED) is 0.789. The van der Waals surface area contributed by atoms with Gasteiger partial charge in [0, 0.05) is 17.3 Å². The molecular weight excluding hydrogens is 308 g/mol. The minimum absolute atomic E-state index is 0.494. The number of benzene rings is 2. The Morgan fingerprint density at radius 2 is 1.62 bits per heavy atom. The van der Waals surface area contributed by atoms with Crippen LogP contribution in [0.2, 0.25) is 0 Å². The molecular formula is C19H19F2N3. The van der Waals surface area contributed by atoms with Gasteiger partial charge in [0.05, 0.1) is 11.4 Å². The SMILES string of the molecule is Cc1nn(-c2ccc(CCN)cc2)c(C)c1-c1cc(F)cc(F)c1. The Morgan fingerprint density at radius 1 is 1.00 bits per heavy atom. The van der Waals surface area contributed by atoms with Crippen molar-refractivity contribution in [2.45, 2.75) is 20.3 Å². The van der Waals surface area contributed by atoms with E-state index < -0.39 is 11.6 Å². The van der Waals surface area contributed by atoms with E-state index in [2.05, 4.69) is 5.10 Å². The fraction of sp³-hybridized carbons (Fsp3) is 0.211. The molecule has 0 amide bonds. The predicted molar refractivity (Wildman–Crippen MR) is 91.1 cm³/mol. The molecule has 24 heavy (non-hydrogen) atoms. The van der Waals surface area contributed by atoms with Gasteiger partial charge in [0.1, 0.15) is 11.6 Å². The number of aryl methyl sites for hydroxylation is 1. The number of rotatable bonds is 4. The molecule has 0 atom stereocenters. The van der Waals surface area contributed by atoms with Crippen molar-refractivity contribution in [2.24, 2.45) is 5.73 Å². The average Bonchev–Trinajstić information content (AvgIpc) is 2.82. The molecule has 0 aliphatic rings. The second-order valence-corrected chi connectivity index (χ2v) is 5.82. The molecule has 0 spiro atoms. The number of aromatic nitrogens is 2. The maximum Gasteiger partial charge on any atom is 0.126 e. The van der Waals surface area contributed by atoms with Crippen LogP contribution in [-0.2, 0) is 6.42 Å². The third-order valence-electron chi connectivity index (χ3n) is 4.06. The van der Waals surface area contributed by atoms with E-state index in [0.29, 0.717) is 12.1 Å². The highest BCUT2D eigenvalue weighted by molar-refractivity contribution is 5.69. The van der Waals surface area contributed by atoms with Crippen molar-refractivity contribution in [2.75, 3.05) is 6.54 Å². The lowest BCUT2D eigenvalue weighted by atomic mass is 10.0. The molecule has 5 heteroatoms. The summed E-state index contributed by atoms with van der Waals surface area (Å²) in [5.74, 6) is -1.19. The van der Waals surface area contributed by atoms with Gasteiger partial charge in [0.25, 0.3) is 0 Å². The fourth-order valence-electron chi connectivity index (χ4n) is 2.98. The van der Waals surface area contributed by atoms with E-state index >= 15 is 0 Å². The normalized spacial score (nSPS) is 11.0. The van der Waals surface area contributed by atoms with Crippen LogP contribution in [0, 0.1) is 25.5 Å². The van der Waals surface area contributed by atoms with Crippen LogP contribution in [0.15, 0.2) is 42.5 Å². The van der Waals surface area contributed by atoms with Crippen molar-refractivity contribution in [1.29, 1.82) is 0 Å². The first kappa shape index (κ1) is 16.3. The Morgan fingerprint density at radius 3 is 2.21 bits per heavy atom. The summed E-state index contributed by atoms with van der Waals surface area (Å²) >= 11 is 0. The molecule has 0 radical (unpaired) electrons. The van der Waals surface area contributed by atoms with Crippen molar-refractivity contribution < 1.29 is 8.78 Å². The maximum absolute atomic E-state index is 13.5. The lowest BCUT2D eigenvalue weighted by molar-refractivity contribution is 0.584. The van der Waals surface area contributed by atoms with Crippen LogP contribution in [0.5, 0.6) is 0 Å². The Bertz CT molecular complexity index is 847. The molecule has 1 heterocycles.